The molecule has 1 heterocycles. The first-order valence-electron chi connectivity index (χ1n) is 10.2. The van der Waals surface area contributed by atoms with Crippen molar-refractivity contribution in [3.05, 3.63) is 84.8 Å². The quantitative estimate of drug-likeness (QED) is 0.472. The van der Waals surface area contributed by atoms with Gasteiger partial charge in [-0.15, -0.1) is 0 Å². The van der Waals surface area contributed by atoms with Gasteiger partial charge in [-0.05, 0) is 42.3 Å². The van der Waals surface area contributed by atoms with Crippen LogP contribution >= 0.6 is 39.1 Å². The summed E-state index contributed by atoms with van der Waals surface area (Å²) in [5.41, 5.74) is 8.04. The van der Waals surface area contributed by atoms with E-state index in [0.717, 1.165) is 10.0 Å². The number of hydrogen-bond acceptors (Lipinski definition) is 6. The second kappa shape index (κ2) is 9.79. The normalized spacial score (nSPS) is 18.1. The summed E-state index contributed by atoms with van der Waals surface area (Å²) in [5, 5.41) is 0.870. The van der Waals surface area contributed by atoms with Crippen molar-refractivity contribution in [3.8, 4) is 5.75 Å². The second-order valence-electron chi connectivity index (χ2n) is 7.64. The van der Waals surface area contributed by atoms with Gasteiger partial charge in [-0.25, -0.2) is 4.79 Å². The summed E-state index contributed by atoms with van der Waals surface area (Å²) in [5.74, 6) is -0.651. The molecule has 4 rings (SSSR count). The van der Waals surface area contributed by atoms with Crippen LogP contribution in [0.15, 0.2) is 63.7 Å². The SMILES string of the molecule is COC(=O)C1=C(N)OC2=C(C(=O)CCC2)[C@H]1c1cc(Br)ccc1OCc1ccc(Cl)c(Cl)c1. The Labute approximate surface area is 209 Å². The molecule has 0 bridgehead atoms. The zero-order valence-electron chi connectivity index (χ0n) is 17.6. The molecule has 0 saturated heterocycles. The van der Waals surface area contributed by atoms with Gasteiger partial charge in [-0.1, -0.05) is 45.2 Å². The topological polar surface area (TPSA) is 87.9 Å². The molecule has 172 valence electrons. The van der Waals surface area contributed by atoms with Gasteiger partial charge in [0.05, 0.1) is 23.1 Å². The number of ether oxygens (including phenoxy) is 3. The van der Waals surface area contributed by atoms with Crippen LogP contribution in [0, 0.1) is 0 Å². The molecule has 0 radical (unpaired) electrons. The van der Waals surface area contributed by atoms with E-state index in [2.05, 4.69) is 15.9 Å². The summed E-state index contributed by atoms with van der Waals surface area (Å²) in [6.07, 6.45) is 1.57. The minimum Gasteiger partial charge on any atom is -0.489 e. The van der Waals surface area contributed by atoms with E-state index in [0.29, 0.717) is 52.0 Å². The number of nitrogens with two attached hydrogens (primary N) is 1. The zero-order chi connectivity index (χ0) is 23.7. The Morgan fingerprint density at radius 1 is 1.18 bits per heavy atom. The van der Waals surface area contributed by atoms with Crippen molar-refractivity contribution in [2.45, 2.75) is 31.8 Å². The predicted octanol–water partition coefficient (Wildman–Crippen LogP) is 5.80. The van der Waals surface area contributed by atoms with Crippen molar-refractivity contribution in [2.75, 3.05) is 7.11 Å². The van der Waals surface area contributed by atoms with Crippen molar-refractivity contribution >= 4 is 50.9 Å². The molecule has 2 aromatic carbocycles. The fourth-order valence-electron chi connectivity index (χ4n) is 4.04. The molecule has 0 saturated carbocycles. The van der Waals surface area contributed by atoms with Crippen LogP contribution in [-0.4, -0.2) is 18.9 Å². The monoisotopic (exact) mass is 551 g/mol. The molecule has 2 aromatic rings. The van der Waals surface area contributed by atoms with Gasteiger partial charge in [0.2, 0.25) is 5.88 Å². The molecule has 1 aliphatic heterocycles. The van der Waals surface area contributed by atoms with Crippen molar-refractivity contribution in [3.63, 3.8) is 0 Å². The third-order valence-corrected chi connectivity index (χ3v) is 6.78. The lowest BCUT2D eigenvalue weighted by molar-refractivity contribution is -0.136. The number of rotatable bonds is 5. The van der Waals surface area contributed by atoms with Gasteiger partial charge < -0.3 is 19.9 Å². The van der Waals surface area contributed by atoms with Crippen LogP contribution in [0.25, 0.3) is 0 Å². The van der Waals surface area contributed by atoms with Gasteiger partial charge in [0.1, 0.15) is 23.7 Å². The van der Waals surface area contributed by atoms with Crippen LogP contribution in [0.1, 0.15) is 36.3 Å². The maximum atomic E-state index is 13.0. The molecule has 33 heavy (non-hydrogen) atoms. The minimum absolute atomic E-state index is 0.0731. The molecule has 0 aromatic heterocycles. The third kappa shape index (κ3) is 4.76. The second-order valence-corrected chi connectivity index (χ2v) is 9.37. The first-order valence-corrected chi connectivity index (χ1v) is 11.7. The summed E-state index contributed by atoms with van der Waals surface area (Å²) < 4.78 is 17.6. The standard InChI is InChI=1S/C24H20BrCl2NO5/c1-31-24(30)22-20(21-17(29)3-2-4-19(21)33-23(22)28)14-10-13(25)6-8-18(14)32-11-12-5-7-15(26)16(27)9-12/h5-10,20H,2-4,11,28H2,1H3/t20-/m1/s1. The molecule has 1 aliphatic carbocycles. The van der Waals surface area contributed by atoms with Crippen LogP contribution < -0.4 is 10.5 Å². The lowest BCUT2D eigenvalue weighted by atomic mass is 9.77. The fourth-order valence-corrected chi connectivity index (χ4v) is 4.74. The summed E-state index contributed by atoms with van der Waals surface area (Å²) in [6.45, 7) is 0.196. The summed E-state index contributed by atoms with van der Waals surface area (Å²) in [6, 6.07) is 10.6. The number of methoxy groups -OCH3 is 1. The van der Waals surface area contributed by atoms with E-state index in [4.69, 9.17) is 43.1 Å². The average molecular weight is 553 g/mol. The molecular weight excluding hydrogens is 533 g/mol. The molecule has 2 N–H and O–H groups in total. The van der Waals surface area contributed by atoms with E-state index >= 15 is 0 Å². The van der Waals surface area contributed by atoms with E-state index in [1.54, 1.807) is 18.2 Å². The number of carbonyl (C=O) groups excluding carboxylic acids is 2. The van der Waals surface area contributed by atoms with Crippen molar-refractivity contribution < 1.29 is 23.8 Å². The fraction of sp³-hybridized carbons (Fsp3) is 0.250. The Bertz CT molecular complexity index is 1210. The lowest BCUT2D eigenvalue weighted by Crippen LogP contribution is -2.31. The largest absolute Gasteiger partial charge is 0.489 e. The number of Topliss-reactive ketones (excluding diaryl/α,β-unsaturated/α-hetero) is 1. The lowest BCUT2D eigenvalue weighted by Gasteiger charge is -2.33. The zero-order valence-corrected chi connectivity index (χ0v) is 20.7. The van der Waals surface area contributed by atoms with Crippen molar-refractivity contribution in [1.29, 1.82) is 0 Å². The number of hydrogen-bond donors (Lipinski definition) is 1. The Morgan fingerprint density at radius 3 is 2.70 bits per heavy atom. The van der Waals surface area contributed by atoms with Crippen LogP contribution in [-0.2, 0) is 25.7 Å². The number of ketones is 1. The number of halogens is 3. The van der Waals surface area contributed by atoms with Gasteiger partial charge in [0.15, 0.2) is 5.78 Å². The molecule has 0 unspecified atom stereocenters. The highest BCUT2D eigenvalue weighted by molar-refractivity contribution is 9.10. The van der Waals surface area contributed by atoms with Crippen LogP contribution in [0.5, 0.6) is 5.75 Å². The highest BCUT2D eigenvalue weighted by Crippen LogP contribution is 2.47. The maximum absolute atomic E-state index is 13.0. The van der Waals surface area contributed by atoms with Gasteiger partial charge in [-0.3, -0.25) is 4.79 Å². The van der Waals surface area contributed by atoms with Crippen molar-refractivity contribution in [1.82, 2.24) is 0 Å². The Kier molecular flexibility index (Phi) is 7.02. The van der Waals surface area contributed by atoms with Gasteiger partial charge in [0, 0.05) is 28.5 Å². The number of carbonyl (C=O) groups is 2. The minimum atomic E-state index is -0.782. The maximum Gasteiger partial charge on any atom is 0.340 e. The molecule has 6 nitrogen and oxygen atoms in total. The number of allylic oxidation sites excluding steroid dienone is 2. The van der Waals surface area contributed by atoms with E-state index < -0.39 is 11.9 Å². The number of esters is 1. The first kappa shape index (κ1) is 23.7. The molecule has 0 fully saturated rings. The summed E-state index contributed by atoms with van der Waals surface area (Å²) in [4.78, 5) is 25.7. The average Bonchev–Trinajstić information content (AvgIpc) is 2.79. The highest BCUT2D eigenvalue weighted by atomic mass is 79.9. The molecular formula is C24H20BrCl2NO5. The van der Waals surface area contributed by atoms with E-state index in [1.165, 1.54) is 7.11 Å². The van der Waals surface area contributed by atoms with E-state index in [1.807, 2.05) is 18.2 Å². The molecule has 0 spiro atoms. The number of benzene rings is 2. The van der Waals surface area contributed by atoms with E-state index in [9.17, 15) is 9.59 Å². The molecule has 2 aliphatic rings. The predicted molar refractivity (Wildman–Crippen MR) is 128 cm³/mol. The van der Waals surface area contributed by atoms with E-state index in [-0.39, 0.29) is 23.8 Å². The summed E-state index contributed by atoms with van der Waals surface area (Å²) in [7, 11) is 1.26. The van der Waals surface area contributed by atoms with Gasteiger partial charge >= 0.3 is 5.97 Å². The highest BCUT2D eigenvalue weighted by Gasteiger charge is 2.42. The molecule has 0 amide bonds. The Balaban J connectivity index is 1.80. The molecule has 9 heteroatoms. The van der Waals surface area contributed by atoms with Crippen molar-refractivity contribution in [2.24, 2.45) is 5.73 Å². The Morgan fingerprint density at radius 2 is 1.97 bits per heavy atom. The first-order chi connectivity index (χ1) is 15.8. The van der Waals surface area contributed by atoms with Gasteiger partial charge in [0.25, 0.3) is 0 Å². The Hall–Kier alpha value is -2.48. The van der Waals surface area contributed by atoms with Crippen LogP contribution in [0.4, 0.5) is 0 Å². The van der Waals surface area contributed by atoms with Crippen LogP contribution in [0.2, 0.25) is 10.0 Å². The third-order valence-electron chi connectivity index (χ3n) is 5.55. The summed E-state index contributed by atoms with van der Waals surface area (Å²) >= 11 is 15.6. The van der Waals surface area contributed by atoms with Crippen LogP contribution in [0.3, 0.4) is 0 Å². The van der Waals surface area contributed by atoms with Gasteiger partial charge in [-0.2, -0.15) is 0 Å². The molecule has 1 atom stereocenters. The smallest absolute Gasteiger partial charge is 0.340 e.